The molecule has 0 radical (unpaired) electrons. The van der Waals surface area contributed by atoms with E-state index in [1.54, 1.807) is 32.0 Å². The van der Waals surface area contributed by atoms with Crippen molar-refractivity contribution in [3.8, 4) is 16.9 Å². The summed E-state index contributed by atoms with van der Waals surface area (Å²) in [6.45, 7) is 9.44. The molecule has 2 aromatic rings. The fourth-order valence-electron chi connectivity index (χ4n) is 8.14. The number of ketones is 1. The van der Waals surface area contributed by atoms with Crippen molar-refractivity contribution >= 4 is 11.7 Å². The van der Waals surface area contributed by atoms with Crippen molar-refractivity contribution in [1.82, 2.24) is 10.4 Å². The number of para-hydroxylation sites is 1. The first-order valence-electron chi connectivity index (χ1n) is 16.1. The molecule has 46 heavy (non-hydrogen) atoms. The van der Waals surface area contributed by atoms with Gasteiger partial charge in [-0.05, 0) is 66.7 Å². The highest BCUT2D eigenvalue weighted by Gasteiger charge is 2.57. The number of nitrogens with zero attached hydrogens (tertiary/aromatic N) is 1. The SMILES string of the molecule is CCC(=O)c1cc(-c2cccc(CN3O[C@@H](CO)[C@H]([C@H](C)O)[C@H]3C(=O)N[C@H]3C[C@H]4C[C@@H]([C@@H]3C)C4(C)C)c2OC)cc(C(F)(F)F)c1. The van der Waals surface area contributed by atoms with Crippen LogP contribution < -0.4 is 10.1 Å². The predicted octanol–water partition coefficient (Wildman–Crippen LogP) is 5.63. The standard InChI is InChI=1S/C35H45F3N2O6/c1-7-28(43)22-11-21(12-24(13-22)35(36,37)38)25-10-8-9-20(32(25)45-6)16-40-31(30(19(3)42)29(17-41)46-40)33(44)39-27-15-23-14-26(18(27)2)34(23,4)5/h8-13,18-19,23,26-27,29-31,41-42H,7,14-17H2,1-6H3,(H,39,44)/t18-,19-,23+,26-,27-,29-,30-,31-/m0/s1. The summed E-state index contributed by atoms with van der Waals surface area (Å²) >= 11 is 0. The Balaban J connectivity index is 1.48. The fraction of sp³-hybridized carbons (Fsp3) is 0.600. The normalized spacial score (nSPS) is 29.6. The monoisotopic (exact) mass is 646 g/mol. The van der Waals surface area contributed by atoms with E-state index in [1.807, 2.05) is 0 Å². The number of hydrogen-bond donors (Lipinski definition) is 3. The van der Waals surface area contributed by atoms with Crippen LogP contribution in [0.25, 0.3) is 11.1 Å². The number of benzene rings is 2. The van der Waals surface area contributed by atoms with Crippen LogP contribution in [0.1, 0.15) is 75.4 Å². The van der Waals surface area contributed by atoms with Crippen molar-refractivity contribution < 1.29 is 42.5 Å². The molecular weight excluding hydrogens is 601 g/mol. The molecule has 2 bridgehead atoms. The summed E-state index contributed by atoms with van der Waals surface area (Å²) in [6.07, 6.45) is -4.45. The molecule has 1 heterocycles. The molecule has 1 aliphatic heterocycles. The molecule has 0 aromatic heterocycles. The van der Waals surface area contributed by atoms with Crippen molar-refractivity contribution in [2.75, 3.05) is 13.7 Å². The van der Waals surface area contributed by atoms with Gasteiger partial charge >= 0.3 is 6.18 Å². The van der Waals surface area contributed by atoms with Crippen molar-refractivity contribution in [2.45, 2.75) is 90.9 Å². The number of carbonyl (C=O) groups excluding carboxylic acids is 2. The quantitative estimate of drug-likeness (QED) is 0.287. The van der Waals surface area contributed by atoms with Crippen molar-refractivity contribution in [3.05, 3.63) is 53.1 Å². The zero-order valence-electron chi connectivity index (χ0n) is 27.2. The van der Waals surface area contributed by atoms with Crippen LogP contribution in [0.3, 0.4) is 0 Å². The number of hydroxylamine groups is 2. The predicted molar refractivity (Wildman–Crippen MR) is 166 cm³/mol. The van der Waals surface area contributed by atoms with E-state index in [4.69, 9.17) is 9.57 Å². The summed E-state index contributed by atoms with van der Waals surface area (Å²) in [5.41, 5.74) is 0.236. The van der Waals surface area contributed by atoms with Gasteiger partial charge in [-0.3, -0.25) is 14.4 Å². The average Bonchev–Trinajstić information content (AvgIpc) is 3.39. The molecular formula is C35H45F3N2O6. The first-order valence-corrected chi connectivity index (χ1v) is 16.1. The maximum atomic E-state index is 14.0. The molecule has 4 fully saturated rings. The lowest BCUT2D eigenvalue weighted by Crippen LogP contribution is -2.62. The fourth-order valence-corrected chi connectivity index (χ4v) is 8.14. The van der Waals surface area contributed by atoms with Gasteiger partial charge in [-0.1, -0.05) is 45.9 Å². The van der Waals surface area contributed by atoms with Gasteiger partial charge in [0.05, 0.1) is 31.9 Å². The number of halogens is 3. The Hall–Kier alpha value is -2.99. The summed E-state index contributed by atoms with van der Waals surface area (Å²) in [7, 11) is 1.40. The number of alkyl halides is 3. The zero-order chi connectivity index (χ0) is 33.7. The van der Waals surface area contributed by atoms with Gasteiger partial charge in [-0.15, -0.1) is 0 Å². The second kappa shape index (κ2) is 12.9. The van der Waals surface area contributed by atoms with E-state index in [0.717, 1.165) is 25.0 Å². The highest BCUT2D eigenvalue weighted by molar-refractivity contribution is 5.97. The van der Waals surface area contributed by atoms with E-state index in [1.165, 1.54) is 18.2 Å². The summed E-state index contributed by atoms with van der Waals surface area (Å²) in [6, 6.07) is 7.27. The van der Waals surface area contributed by atoms with E-state index in [9.17, 15) is 33.0 Å². The Kier molecular flexibility index (Phi) is 9.63. The van der Waals surface area contributed by atoms with Crippen LogP contribution in [0.2, 0.25) is 0 Å². The third-order valence-corrected chi connectivity index (χ3v) is 10.9. The summed E-state index contributed by atoms with van der Waals surface area (Å²) in [5, 5.41) is 25.6. The maximum absolute atomic E-state index is 14.0. The molecule has 252 valence electrons. The molecule has 1 saturated heterocycles. The number of aliphatic hydroxyl groups is 2. The Morgan fingerprint density at radius 1 is 1.20 bits per heavy atom. The van der Waals surface area contributed by atoms with E-state index in [2.05, 4.69) is 26.1 Å². The minimum atomic E-state index is -4.67. The Labute approximate surface area is 268 Å². The van der Waals surface area contributed by atoms with Crippen LogP contribution in [0.15, 0.2) is 36.4 Å². The molecule has 6 rings (SSSR count). The van der Waals surface area contributed by atoms with Crippen LogP contribution in [0.5, 0.6) is 5.75 Å². The van der Waals surface area contributed by atoms with Gasteiger partial charge < -0.3 is 20.3 Å². The molecule has 3 N–H and O–H groups in total. The van der Waals surface area contributed by atoms with Gasteiger partial charge in [-0.25, -0.2) is 0 Å². The number of Topliss-reactive ketones (excluding diaryl/α,β-unsaturated/α-hetero) is 1. The second-order valence-electron chi connectivity index (χ2n) is 13.8. The minimum Gasteiger partial charge on any atom is -0.496 e. The van der Waals surface area contributed by atoms with Crippen molar-refractivity contribution in [1.29, 1.82) is 0 Å². The molecule has 4 aliphatic rings. The number of aliphatic hydroxyl groups excluding tert-OH is 2. The Bertz CT molecular complexity index is 1460. The van der Waals surface area contributed by atoms with Gasteiger partial charge in [0.25, 0.3) is 0 Å². The number of nitrogens with one attached hydrogen (secondary N) is 1. The van der Waals surface area contributed by atoms with Gasteiger partial charge in [0.2, 0.25) is 5.91 Å². The third kappa shape index (κ3) is 6.19. The van der Waals surface area contributed by atoms with E-state index in [-0.39, 0.29) is 53.1 Å². The highest BCUT2D eigenvalue weighted by Crippen LogP contribution is 2.61. The lowest BCUT2D eigenvalue weighted by molar-refractivity contribution is -0.183. The summed E-state index contributed by atoms with van der Waals surface area (Å²) in [4.78, 5) is 32.6. The Morgan fingerprint density at radius 2 is 1.91 bits per heavy atom. The zero-order valence-corrected chi connectivity index (χ0v) is 27.2. The van der Waals surface area contributed by atoms with Crippen LogP contribution in [0, 0.1) is 29.1 Å². The number of methoxy groups -OCH3 is 1. The van der Waals surface area contributed by atoms with E-state index < -0.39 is 48.3 Å². The van der Waals surface area contributed by atoms with Crippen molar-refractivity contribution in [3.63, 3.8) is 0 Å². The molecule has 8 nitrogen and oxygen atoms in total. The number of hydrogen-bond acceptors (Lipinski definition) is 7. The topological polar surface area (TPSA) is 108 Å². The van der Waals surface area contributed by atoms with Gasteiger partial charge in [0, 0.05) is 35.1 Å². The molecule has 11 heteroatoms. The maximum Gasteiger partial charge on any atom is 0.416 e. The average molecular weight is 647 g/mol. The lowest BCUT2D eigenvalue weighted by Gasteiger charge is -2.62. The number of amides is 1. The lowest BCUT2D eigenvalue weighted by atomic mass is 9.45. The summed E-state index contributed by atoms with van der Waals surface area (Å²) in [5.74, 6) is 0.0681. The molecule has 3 aliphatic carbocycles. The number of rotatable bonds is 10. The van der Waals surface area contributed by atoms with Gasteiger partial charge in [-0.2, -0.15) is 18.2 Å². The first kappa shape index (κ1) is 34.3. The number of ether oxygens (including phenoxy) is 1. The van der Waals surface area contributed by atoms with Crippen molar-refractivity contribution in [2.24, 2.45) is 29.1 Å². The van der Waals surface area contributed by atoms with E-state index in [0.29, 0.717) is 23.0 Å². The molecule has 2 aromatic carbocycles. The van der Waals surface area contributed by atoms with Crippen LogP contribution >= 0.6 is 0 Å². The van der Waals surface area contributed by atoms with Gasteiger partial charge in [0.15, 0.2) is 5.78 Å². The van der Waals surface area contributed by atoms with E-state index >= 15 is 0 Å². The van der Waals surface area contributed by atoms with Crippen LogP contribution in [0.4, 0.5) is 13.2 Å². The molecule has 1 amide bonds. The third-order valence-electron chi connectivity index (χ3n) is 10.9. The minimum absolute atomic E-state index is 0.0208. The Morgan fingerprint density at radius 3 is 2.48 bits per heavy atom. The van der Waals surface area contributed by atoms with Gasteiger partial charge in [0.1, 0.15) is 17.9 Å². The second-order valence-corrected chi connectivity index (χ2v) is 13.8. The molecule has 8 atom stereocenters. The number of fused-ring (bicyclic) bond motifs is 2. The number of carbonyl (C=O) groups is 2. The molecule has 0 spiro atoms. The van der Waals surface area contributed by atoms with Crippen LogP contribution in [-0.2, 0) is 22.4 Å². The summed E-state index contributed by atoms with van der Waals surface area (Å²) < 4.78 is 47.3. The van der Waals surface area contributed by atoms with Crippen LogP contribution in [-0.4, -0.2) is 65.0 Å². The molecule has 0 unspecified atom stereocenters. The largest absolute Gasteiger partial charge is 0.496 e. The molecule has 3 saturated carbocycles. The smallest absolute Gasteiger partial charge is 0.416 e. The highest BCUT2D eigenvalue weighted by atomic mass is 19.4. The first-order chi connectivity index (χ1) is 21.6.